The lowest BCUT2D eigenvalue weighted by Crippen LogP contribution is -2.48. The molecule has 0 saturated carbocycles. The molecule has 1 aliphatic heterocycles. The van der Waals surface area contributed by atoms with Crippen molar-refractivity contribution in [1.82, 2.24) is 9.80 Å². The largest absolute Gasteiger partial charge is 0.469 e. The van der Waals surface area contributed by atoms with Crippen molar-refractivity contribution in [3.05, 3.63) is 12.4 Å². The molecular formula is C12H18N2O4. The Morgan fingerprint density at radius 1 is 1.39 bits per heavy atom. The smallest absolute Gasteiger partial charge is 0.305 e. The zero-order valence-corrected chi connectivity index (χ0v) is 10.9. The molecule has 0 aromatic heterocycles. The predicted molar refractivity (Wildman–Crippen MR) is 64.3 cm³/mol. The summed E-state index contributed by atoms with van der Waals surface area (Å²) in [6.07, 6.45) is 3.87. The molecule has 1 aliphatic rings. The fraction of sp³-hybridized carbons (Fsp3) is 0.583. The molecule has 1 heterocycles. The predicted octanol–water partition coefficient (Wildman–Crippen LogP) is 0.142. The Bertz CT molecular complexity index is 378. The molecule has 0 saturated heterocycles. The zero-order chi connectivity index (χ0) is 13.7. The monoisotopic (exact) mass is 254 g/mol. The molecule has 0 aromatic rings. The van der Waals surface area contributed by atoms with Gasteiger partial charge in [-0.25, -0.2) is 0 Å². The number of ketones is 1. The fourth-order valence-electron chi connectivity index (χ4n) is 1.78. The molecule has 6 heteroatoms. The summed E-state index contributed by atoms with van der Waals surface area (Å²) < 4.78 is 4.55. The van der Waals surface area contributed by atoms with Crippen molar-refractivity contribution in [2.75, 3.05) is 20.7 Å². The second kappa shape index (κ2) is 6.18. The SMILES string of the molecule is COC(=O)CC[C@@H]1C(=O)N(CC(C)=O)C=CN1C. The molecule has 0 spiro atoms. The minimum atomic E-state index is -0.423. The van der Waals surface area contributed by atoms with Gasteiger partial charge in [0.15, 0.2) is 0 Å². The van der Waals surface area contributed by atoms with Crippen LogP contribution in [0.15, 0.2) is 12.4 Å². The lowest BCUT2D eigenvalue weighted by atomic mass is 10.1. The van der Waals surface area contributed by atoms with E-state index in [1.807, 2.05) is 0 Å². The van der Waals surface area contributed by atoms with E-state index in [-0.39, 0.29) is 30.6 Å². The van der Waals surface area contributed by atoms with Crippen LogP contribution in [0.5, 0.6) is 0 Å². The van der Waals surface area contributed by atoms with E-state index >= 15 is 0 Å². The summed E-state index contributed by atoms with van der Waals surface area (Å²) in [5.74, 6) is -0.591. The number of hydrogen-bond acceptors (Lipinski definition) is 5. The van der Waals surface area contributed by atoms with Crippen LogP contribution >= 0.6 is 0 Å². The van der Waals surface area contributed by atoms with Crippen molar-refractivity contribution in [1.29, 1.82) is 0 Å². The maximum absolute atomic E-state index is 12.1. The maximum Gasteiger partial charge on any atom is 0.305 e. The van der Waals surface area contributed by atoms with Crippen LogP contribution in [0.2, 0.25) is 0 Å². The molecule has 1 amide bonds. The van der Waals surface area contributed by atoms with E-state index < -0.39 is 6.04 Å². The Hall–Kier alpha value is -1.85. The summed E-state index contributed by atoms with van der Waals surface area (Å²) in [7, 11) is 3.08. The van der Waals surface area contributed by atoms with E-state index in [0.717, 1.165) is 0 Å². The molecule has 0 bridgehead atoms. The maximum atomic E-state index is 12.1. The van der Waals surface area contributed by atoms with E-state index in [4.69, 9.17) is 0 Å². The van der Waals surface area contributed by atoms with Crippen molar-refractivity contribution in [2.45, 2.75) is 25.8 Å². The molecular weight excluding hydrogens is 236 g/mol. The van der Waals surface area contributed by atoms with Gasteiger partial charge in [-0.1, -0.05) is 0 Å². The van der Waals surface area contributed by atoms with Crippen molar-refractivity contribution in [3.8, 4) is 0 Å². The summed E-state index contributed by atoms with van der Waals surface area (Å²) in [5.41, 5.74) is 0. The fourth-order valence-corrected chi connectivity index (χ4v) is 1.78. The summed E-state index contributed by atoms with van der Waals surface area (Å²) in [5, 5.41) is 0. The summed E-state index contributed by atoms with van der Waals surface area (Å²) >= 11 is 0. The number of carbonyl (C=O) groups is 3. The average Bonchev–Trinajstić information content (AvgIpc) is 2.32. The molecule has 0 fully saturated rings. The molecule has 18 heavy (non-hydrogen) atoms. The second-order valence-electron chi connectivity index (χ2n) is 4.26. The number of amides is 1. The van der Waals surface area contributed by atoms with Gasteiger partial charge in [0.25, 0.3) is 0 Å². The Kier molecular flexibility index (Phi) is 4.88. The topological polar surface area (TPSA) is 66.9 Å². The van der Waals surface area contributed by atoms with Gasteiger partial charge in [-0.2, -0.15) is 0 Å². The molecule has 100 valence electrons. The normalized spacial score (nSPS) is 19.1. The molecule has 6 nitrogen and oxygen atoms in total. The lowest BCUT2D eigenvalue weighted by molar-refractivity contribution is -0.142. The molecule has 0 aliphatic carbocycles. The average molecular weight is 254 g/mol. The van der Waals surface area contributed by atoms with E-state index in [0.29, 0.717) is 6.42 Å². The highest BCUT2D eigenvalue weighted by Gasteiger charge is 2.30. The minimum Gasteiger partial charge on any atom is -0.469 e. The van der Waals surface area contributed by atoms with Gasteiger partial charge in [-0.3, -0.25) is 14.4 Å². The van der Waals surface area contributed by atoms with Gasteiger partial charge < -0.3 is 14.5 Å². The third-order valence-electron chi connectivity index (χ3n) is 2.78. The number of esters is 1. The van der Waals surface area contributed by atoms with Crippen LogP contribution in [0.4, 0.5) is 0 Å². The highest BCUT2D eigenvalue weighted by Crippen LogP contribution is 2.15. The number of rotatable bonds is 5. The summed E-state index contributed by atoms with van der Waals surface area (Å²) in [4.78, 5) is 37.4. The lowest BCUT2D eigenvalue weighted by Gasteiger charge is -2.34. The molecule has 0 aromatic carbocycles. The number of hydrogen-bond donors (Lipinski definition) is 0. The Morgan fingerprint density at radius 2 is 2.06 bits per heavy atom. The third kappa shape index (κ3) is 3.58. The first kappa shape index (κ1) is 14.2. The molecule has 1 rings (SSSR count). The first-order chi connectivity index (χ1) is 8.45. The van der Waals surface area contributed by atoms with Gasteiger partial charge in [0, 0.05) is 25.9 Å². The number of likely N-dealkylation sites (N-methyl/N-ethyl adjacent to an activating group) is 1. The first-order valence-corrected chi connectivity index (χ1v) is 5.72. The summed E-state index contributed by atoms with van der Waals surface area (Å²) in [6, 6.07) is -0.423. The Balaban J connectivity index is 2.66. The van der Waals surface area contributed by atoms with Gasteiger partial charge in [-0.05, 0) is 13.3 Å². The summed E-state index contributed by atoms with van der Waals surface area (Å²) in [6.45, 7) is 1.50. The second-order valence-corrected chi connectivity index (χ2v) is 4.26. The van der Waals surface area contributed by atoms with E-state index in [9.17, 15) is 14.4 Å². The van der Waals surface area contributed by atoms with Crippen molar-refractivity contribution in [3.63, 3.8) is 0 Å². The first-order valence-electron chi connectivity index (χ1n) is 5.72. The van der Waals surface area contributed by atoms with E-state index in [1.54, 1.807) is 24.3 Å². The molecule has 0 N–H and O–H groups in total. The van der Waals surface area contributed by atoms with Crippen LogP contribution in [0, 0.1) is 0 Å². The molecule has 0 radical (unpaired) electrons. The van der Waals surface area contributed by atoms with Crippen LogP contribution in [0.3, 0.4) is 0 Å². The third-order valence-corrected chi connectivity index (χ3v) is 2.78. The van der Waals surface area contributed by atoms with E-state index in [1.165, 1.54) is 18.9 Å². The van der Waals surface area contributed by atoms with Gasteiger partial charge in [-0.15, -0.1) is 0 Å². The molecule has 0 unspecified atom stereocenters. The van der Waals surface area contributed by atoms with Gasteiger partial charge in [0.1, 0.15) is 11.8 Å². The van der Waals surface area contributed by atoms with Crippen LogP contribution in [0.25, 0.3) is 0 Å². The Morgan fingerprint density at radius 3 is 2.61 bits per heavy atom. The van der Waals surface area contributed by atoms with Gasteiger partial charge in [0.05, 0.1) is 13.7 Å². The highest BCUT2D eigenvalue weighted by molar-refractivity contribution is 5.89. The van der Waals surface area contributed by atoms with Crippen LogP contribution in [0.1, 0.15) is 19.8 Å². The number of carbonyl (C=O) groups excluding carboxylic acids is 3. The van der Waals surface area contributed by atoms with Crippen LogP contribution < -0.4 is 0 Å². The van der Waals surface area contributed by atoms with Crippen molar-refractivity contribution < 1.29 is 19.1 Å². The standard InChI is InChI=1S/C12H18N2O4/c1-9(15)8-14-7-6-13(2)10(12(14)17)4-5-11(16)18-3/h6-7,10H,4-5,8H2,1-3H3/t10-/m1/s1. The van der Waals surface area contributed by atoms with E-state index in [2.05, 4.69) is 4.74 Å². The van der Waals surface area contributed by atoms with Crippen molar-refractivity contribution >= 4 is 17.7 Å². The number of ether oxygens (including phenoxy) is 1. The van der Waals surface area contributed by atoms with Gasteiger partial charge >= 0.3 is 5.97 Å². The zero-order valence-electron chi connectivity index (χ0n) is 10.9. The molecule has 1 atom stereocenters. The van der Waals surface area contributed by atoms with Crippen LogP contribution in [-0.4, -0.2) is 54.2 Å². The number of nitrogens with zero attached hydrogens (tertiary/aromatic N) is 2. The number of methoxy groups -OCH3 is 1. The highest BCUT2D eigenvalue weighted by atomic mass is 16.5. The quantitative estimate of drug-likeness (QED) is 0.653. The van der Waals surface area contributed by atoms with Crippen molar-refractivity contribution in [2.24, 2.45) is 0 Å². The van der Waals surface area contributed by atoms with Gasteiger partial charge in [0.2, 0.25) is 5.91 Å². The Labute approximate surface area is 106 Å². The van der Waals surface area contributed by atoms with Crippen LogP contribution in [-0.2, 0) is 19.1 Å². The minimum absolute atomic E-state index is 0.0674. The number of Topliss-reactive ketones (excluding diaryl/α,β-unsaturated/α-hetero) is 1.